The molecule has 0 spiro atoms. The molecule has 1 heterocycles. The number of nitrogens with zero attached hydrogens (tertiary/aromatic N) is 3. The maximum absolute atomic E-state index is 12.7. The Hall–Kier alpha value is -1.58. The lowest BCUT2D eigenvalue weighted by Crippen LogP contribution is -2.36. The zero-order chi connectivity index (χ0) is 15.5. The monoisotopic (exact) mass is 329 g/mol. The van der Waals surface area contributed by atoms with E-state index >= 15 is 0 Å². The Bertz CT molecular complexity index is 742. The first-order valence-electron chi connectivity index (χ1n) is 6.37. The Labute approximate surface area is 126 Å². The average molecular weight is 329 g/mol. The van der Waals surface area contributed by atoms with Crippen molar-refractivity contribution >= 4 is 38.8 Å². The number of benzene rings is 1. The van der Waals surface area contributed by atoms with Crippen LogP contribution in [0.1, 0.15) is 13.8 Å². The molecule has 0 amide bonds. The summed E-state index contributed by atoms with van der Waals surface area (Å²) in [4.78, 5) is 11.6. The number of fused-ring (bicyclic) bond motifs is 1. The lowest BCUT2D eigenvalue weighted by atomic mass is 10.3. The maximum atomic E-state index is 12.7. The van der Waals surface area contributed by atoms with E-state index in [1.807, 2.05) is 0 Å². The third kappa shape index (κ3) is 3.20. The van der Waals surface area contributed by atoms with Crippen LogP contribution in [0.25, 0.3) is 11.0 Å². The third-order valence-electron chi connectivity index (χ3n) is 2.83. The molecule has 2 rings (SSSR count). The van der Waals surface area contributed by atoms with E-state index in [1.54, 1.807) is 26.0 Å². The van der Waals surface area contributed by atoms with Gasteiger partial charge >= 0.3 is 5.97 Å². The largest absolute Gasteiger partial charge is 0.465 e. The molecular formula is C12H15N3O4S2. The number of aromatic nitrogens is 2. The minimum Gasteiger partial charge on any atom is -0.465 e. The van der Waals surface area contributed by atoms with Gasteiger partial charge in [0.15, 0.2) is 0 Å². The molecule has 1 aromatic carbocycles. The molecule has 0 aliphatic heterocycles. The number of carbonyl (C=O) groups is 1. The third-order valence-corrected chi connectivity index (χ3v) is 5.33. The number of rotatable bonds is 6. The van der Waals surface area contributed by atoms with Gasteiger partial charge in [-0.3, -0.25) is 4.79 Å². The van der Waals surface area contributed by atoms with Crippen LogP contribution in [-0.4, -0.2) is 47.1 Å². The van der Waals surface area contributed by atoms with E-state index in [-0.39, 0.29) is 24.6 Å². The van der Waals surface area contributed by atoms with E-state index in [0.717, 1.165) is 16.0 Å². The summed E-state index contributed by atoms with van der Waals surface area (Å²) in [5.74, 6) is -0.577. The number of ether oxygens (including phenoxy) is 1. The van der Waals surface area contributed by atoms with Crippen LogP contribution >= 0.6 is 11.7 Å². The highest BCUT2D eigenvalue weighted by Crippen LogP contribution is 2.24. The normalized spacial score (nSPS) is 12.0. The standard InChI is InChI=1S/C12H15N3O4S2/c1-3-15(8-11(16)19-4-2)21(17,18)10-7-5-6-9-12(10)14-20-13-9/h5-7H,3-4,8H2,1-2H3. The number of hydrogen-bond acceptors (Lipinski definition) is 7. The first-order chi connectivity index (χ1) is 10.0. The molecule has 0 saturated carbocycles. The highest BCUT2D eigenvalue weighted by molar-refractivity contribution is 7.89. The van der Waals surface area contributed by atoms with Crippen LogP contribution < -0.4 is 0 Å². The van der Waals surface area contributed by atoms with Gasteiger partial charge in [-0.2, -0.15) is 13.1 Å². The lowest BCUT2D eigenvalue weighted by Gasteiger charge is -2.19. The van der Waals surface area contributed by atoms with Crippen LogP contribution in [0.2, 0.25) is 0 Å². The van der Waals surface area contributed by atoms with Crippen molar-refractivity contribution in [3.8, 4) is 0 Å². The molecule has 0 atom stereocenters. The van der Waals surface area contributed by atoms with Crippen LogP contribution in [-0.2, 0) is 19.6 Å². The summed E-state index contributed by atoms with van der Waals surface area (Å²) in [6.45, 7) is 3.39. The number of hydrogen-bond donors (Lipinski definition) is 0. The summed E-state index contributed by atoms with van der Waals surface area (Å²) < 4.78 is 39.3. The van der Waals surface area contributed by atoms with Crippen molar-refractivity contribution < 1.29 is 17.9 Å². The average Bonchev–Trinajstić information content (AvgIpc) is 2.92. The maximum Gasteiger partial charge on any atom is 0.321 e. The highest BCUT2D eigenvalue weighted by Gasteiger charge is 2.28. The molecule has 1 aromatic heterocycles. The summed E-state index contributed by atoms with van der Waals surface area (Å²) in [7, 11) is -3.82. The fraction of sp³-hybridized carbons (Fsp3) is 0.417. The Morgan fingerprint density at radius 2 is 2.10 bits per heavy atom. The van der Waals surface area contributed by atoms with Crippen molar-refractivity contribution in [2.24, 2.45) is 0 Å². The van der Waals surface area contributed by atoms with E-state index < -0.39 is 16.0 Å². The van der Waals surface area contributed by atoms with E-state index in [1.165, 1.54) is 6.07 Å². The molecule has 0 N–H and O–H groups in total. The minimum atomic E-state index is -3.82. The predicted molar refractivity (Wildman–Crippen MR) is 78.5 cm³/mol. The van der Waals surface area contributed by atoms with Crippen molar-refractivity contribution in [3.05, 3.63) is 18.2 Å². The summed E-state index contributed by atoms with van der Waals surface area (Å²) in [5, 5.41) is 0. The van der Waals surface area contributed by atoms with Crippen molar-refractivity contribution in [2.45, 2.75) is 18.7 Å². The molecule has 0 fully saturated rings. The summed E-state index contributed by atoms with van der Waals surface area (Å²) in [5.41, 5.74) is 0.845. The van der Waals surface area contributed by atoms with Gasteiger partial charge in [-0.25, -0.2) is 8.42 Å². The lowest BCUT2D eigenvalue weighted by molar-refractivity contribution is -0.143. The van der Waals surface area contributed by atoms with Gasteiger partial charge in [0, 0.05) is 6.54 Å². The Morgan fingerprint density at radius 1 is 1.33 bits per heavy atom. The van der Waals surface area contributed by atoms with Crippen LogP contribution in [0.4, 0.5) is 0 Å². The molecule has 21 heavy (non-hydrogen) atoms. The second-order valence-corrected chi connectivity index (χ2v) is 6.56. The Balaban J connectivity index is 2.39. The fourth-order valence-electron chi connectivity index (χ4n) is 1.85. The first-order valence-corrected chi connectivity index (χ1v) is 8.54. The first kappa shape index (κ1) is 15.8. The molecule has 0 bridgehead atoms. The molecule has 9 heteroatoms. The van der Waals surface area contributed by atoms with Gasteiger partial charge in [0.1, 0.15) is 22.5 Å². The molecule has 0 saturated heterocycles. The topological polar surface area (TPSA) is 89.5 Å². The van der Waals surface area contributed by atoms with Gasteiger partial charge < -0.3 is 4.74 Å². The molecule has 7 nitrogen and oxygen atoms in total. The highest BCUT2D eigenvalue weighted by atomic mass is 32.2. The van der Waals surface area contributed by atoms with Gasteiger partial charge in [0.05, 0.1) is 18.3 Å². The predicted octanol–water partition coefficient (Wildman–Crippen LogP) is 1.27. The molecule has 0 aliphatic rings. The number of likely N-dealkylation sites (N-methyl/N-ethyl adjacent to an activating group) is 1. The molecular weight excluding hydrogens is 314 g/mol. The minimum absolute atomic E-state index is 0.0555. The van der Waals surface area contributed by atoms with Crippen molar-refractivity contribution in [1.29, 1.82) is 0 Å². The number of sulfonamides is 1. The summed E-state index contributed by atoms with van der Waals surface area (Å²) in [6.07, 6.45) is 0. The second-order valence-electron chi connectivity index (χ2n) is 4.12. The summed E-state index contributed by atoms with van der Waals surface area (Å²) >= 11 is 0.950. The van der Waals surface area contributed by atoms with E-state index in [0.29, 0.717) is 11.0 Å². The van der Waals surface area contributed by atoms with Gasteiger partial charge in [-0.1, -0.05) is 13.0 Å². The van der Waals surface area contributed by atoms with Crippen LogP contribution in [0.5, 0.6) is 0 Å². The van der Waals surface area contributed by atoms with Gasteiger partial charge in [-0.15, -0.1) is 0 Å². The summed E-state index contributed by atoms with van der Waals surface area (Å²) in [6, 6.07) is 4.77. The van der Waals surface area contributed by atoms with Crippen molar-refractivity contribution in [2.75, 3.05) is 19.7 Å². The molecule has 0 aliphatic carbocycles. The molecule has 2 aromatic rings. The van der Waals surface area contributed by atoms with E-state index in [2.05, 4.69) is 8.75 Å². The molecule has 0 radical (unpaired) electrons. The van der Waals surface area contributed by atoms with Gasteiger partial charge in [-0.05, 0) is 19.1 Å². The quantitative estimate of drug-likeness (QED) is 0.741. The smallest absolute Gasteiger partial charge is 0.321 e. The van der Waals surface area contributed by atoms with Crippen molar-refractivity contribution in [3.63, 3.8) is 0 Å². The van der Waals surface area contributed by atoms with Gasteiger partial charge in [0.2, 0.25) is 10.0 Å². The van der Waals surface area contributed by atoms with Gasteiger partial charge in [0.25, 0.3) is 0 Å². The molecule has 114 valence electrons. The molecule has 0 unspecified atom stereocenters. The Kier molecular flexibility index (Phi) is 4.86. The zero-order valence-electron chi connectivity index (χ0n) is 11.6. The SMILES string of the molecule is CCOC(=O)CN(CC)S(=O)(=O)c1cccc2nsnc12. The van der Waals surface area contributed by atoms with E-state index in [9.17, 15) is 13.2 Å². The Morgan fingerprint density at radius 3 is 2.76 bits per heavy atom. The van der Waals surface area contributed by atoms with E-state index in [4.69, 9.17) is 4.74 Å². The zero-order valence-corrected chi connectivity index (χ0v) is 13.3. The van der Waals surface area contributed by atoms with Crippen LogP contribution in [0.15, 0.2) is 23.1 Å². The van der Waals surface area contributed by atoms with Crippen molar-refractivity contribution in [1.82, 2.24) is 13.1 Å². The van der Waals surface area contributed by atoms with Crippen LogP contribution in [0.3, 0.4) is 0 Å². The number of esters is 1. The fourth-order valence-corrected chi connectivity index (χ4v) is 3.99. The second kappa shape index (κ2) is 6.46. The number of carbonyl (C=O) groups excluding carboxylic acids is 1. The van der Waals surface area contributed by atoms with Crippen LogP contribution in [0, 0.1) is 0 Å².